The van der Waals surface area contributed by atoms with Crippen LogP contribution in [-0.2, 0) is 4.79 Å². The highest BCUT2D eigenvalue weighted by atomic mass is 16.5. The molecular weight excluding hydrogens is 280 g/mol. The number of nitrogens with zero attached hydrogens (tertiary/aromatic N) is 1. The number of carbonyl (C=O) groups is 1. The van der Waals surface area contributed by atoms with Crippen LogP contribution in [0.3, 0.4) is 0 Å². The molecule has 1 aliphatic carbocycles. The van der Waals surface area contributed by atoms with Gasteiger partial charge in [-0.3, -0.25) is 4.79 Å². The smallest absolute Gasteiger partial charge is 0.277 e. The summed E-state index contributed by atoms with van der Waals surface area (Å²) in [5.74, 6) is 1.61. The van der Waals surface area contributed by atoms with Crippen molar-refractivity contribution in [3.05, 3.63) is 24.3 Å². The molecule has 5 nitrogen and oxygen atoms in total. The van der Waals surface area contributed by atoms with Gasteiger partial charge in [0.25, 0.3) is 5.91 Å². The zero-order chi connectivity index (χ0) is 15.8. The fourth-order valence-electron chi connectivity index (χ4n) is 2.52. The number of nitrogens with one attached hydrogen (secondary N) is 1. The summed E-state index contributed by atoms with van der Waals surface area (Å²) in [6, 6.07) is 7.32. The molecule has 1 aliphatic rings. The van der Waals surface area contributed by atoms with E-state index < -0.39 is 0 Å². The number of benzene rings is 1. The van der Waals surface area contributed by atoms with Gasteiger partial charge in [0.2, 0.25) is 0 Å². The molecule has 120 valence electrons. The van der Waals surface area contributed by atoms with E-state index in [9.17, 15) is 4.79 Å². The van der Waals surface area contributed by atoms with Gasteiger partial charge in [-0.25, -0.2) is 5.43 Å². The van der Waals surface area contributed by atoms with E-state index in [1.807, 2.05) is 25.1 Å². The summed E-state index contributed by atoms with van der Waals surface area (Å²) in [7, 11) is 0. The lowest BCUT2D eigenvalue weighted by atomic mass is 9.89. The molecule has 1 atom stereocenters. The fourth-order valence-corrected chi connectivity index (χ4v) is 2.52. The molecule has 1 aromatic rings. The van der Waals surface area contributed by atoms with Crippen LogP contribution in [0.15, 0.2) is 29.4 Å². The van der Waals surface area contributed by atoms with Crippen LogP contribution in [0.4, 0.5) is 0 Å². The van der Waals surface area contributed by atoms with E-state index in [0.717, 1.165) is 25.0 Å². The molecule has 1 saturated carbocycles. The second-order valence-corrected chi connectivity index (χ2v) is 5.58. The van der Waals surface area contributed by atoms with Crippen LogP contribution in [0.25, 0.3) is 0 Å². The van der Waals surface area contributed by atoms with Crippen LogP contribution in [0.2, 0.25) is 0 Å². The lowest BCUT2D eigenvalue weighted by Crippen LogP contribution is -2.27. The van der Waals surface area contributed by atoms with E-state index in [1.165, 1.54) is 6.42 Å². The van der Waals surface area contributed by atoms with Gasteiger partial charge >= 0.3 is 0 Å². The van der Waals surface area contributed by atoms with Crippen LogP contribution in [0.1, 0.15) is 39.5 Å². The first-order chi connectivity index (χ1) is 10.7. The molecule has 1 amide bonds. The third-order valence-electron chi connectivity index (χ3n) is 3.59. The lowest BCUT2D eigenvalue weighted by Gasteiger charge is -2.19. The van der Waals surface area contributed by atoms with Gasteiger partial charge in [0.05, 0.1) is 6.61 Å². The third kappa shape index (κ3) is 5.06. The standard InChI is InChI=1S/C17H24N2O3/c1-3-21-15-9-4-5-10-16(15)22-12-17(20)19-18-14-8-6-7-13(2)11-14/h4-5,9-10,13H,3,6-8,11-12H2,1-2H3,(H,19,20)/b18-14-. The molecule has 0 spiro atoms. The summed E-state index contributed by atoms with van der Waals surface area (Å²) in [5, 5.41) is 4.21. The van der Waals surface area contributed by atoms with Crippen LogP contribution in [0.5, 0.6) is 11.5 Å². The van der Waals surface area contributed by atoms with E-state index in [2.05, 4.69) is 17.5 Å². The molecule has 1 N–H and O–H groups in total. The summed E-state index contributed by atoms with van der Waals surface area (Å²) in [6.45, 7) is 4.60. The van der Waals surface area contributed by atoms with Gasteiger partial charge in [-0.15, -0.1) is 0 Å². The Bertz CT molecular complexity index is 528. The van der Waals surface area contributed by atoms with Gasteiger partial charge in [-0.2, -0.15) is 5.10 Å². The van der Waals surface area contributed by atoms with E-state index >= 15 is 0 Å². The largest absolute Gasteiger partial charge is 0.490 e. The van der Waals surface area contributed by atoms with Gasteiger partial charge in [-0.05, 0) is 50.7 Å². The Balaban J connectivity index is 1.81. The molecule has 0 aliphatic heterocycles. The van der Waals surface area contributed by atoms with Crippen molar-refractivity contribution in [3.63, 3.8) is 0 Å². The molecule has 2 rings (SSSR count). The highest BCUT2D eigenvalue weighted by Gasteiger charge is 2.14. The summed E-state index contributed by atoms with van der Waals surface area (Å²) in [6.07, 6.45) is 4.32. The van der Waals surface area contributed by atoms with E-state index in [1.54, 1.807) is 6.07 Å². The van der Waals surface area contributed by atoms with Crippen LogP contribution < -0.4 is 14.9 Å². The van der Waals surface area contributed by atoms with E-state index in [-0.39, 0.29) is 12.5 Å². The summed E-state index contributed by atoms with van der Waals surface area (Å²) in [4.78, 5) is 11.8. The Morgan fingerprint density at radius 3 is 2.73 bits per heavy atom. The number of hydrazone groups is 1. The van der Waals surface area contributed by atoms with Crippen LogP contribution in [0, 0.1) is 5.92 Å². The number of hydrogen-bond donors (Lipinski definition) is 1. The van der Waals surface area contributed by atoms with Crippen molar-refractivity contribution >= 4 is 11.6 Å². The molecule has 1 aromatic carbocycles. The van der Waals surface area contributed by atoms with Gasteiger partial charge in [0, 0.05) is 5.71 Å². The molecule has 22 heavy (non-hydrogen) atoms. The minimum absolute atomic E-state index is 0.0730. The van der Waals surface area contributed by atoms with E-state index in [4.69, 9.17) is 9.47 Å². The zero-order valence-corrected chi connectivity index (χ0v) is 13.3. The first kappa shape index (κ1) is 16.3. The van der Waals surface area contributed by atoms with Gasteiger partial charge in [0.15, 0.2) is 18.1 Å². The molecule has 1 unspecified atom stereocenters. The highest BCUT2D eigenvalue weighted by Crippen LogP contribution is 2.26. The minimum atomic E-state index is -0.253. The predicted molar refractivity (Wildman–Crippen MR) is 86.3 cm³/mol. The van der Waals surface area contributed by atoms with Crippen molar-refractivity contribution in [2.75, 3.05) is 13.2 Å². The summed E-state index contributed by atoms with van der Waals surface area (Å²) < 4.78 is 11.0. The van der Waals surface area contributed by atoms with Crippen molar-refractivity contribution in [2.24, 2.45) is 11.0 Å². The Hall–Kier alpha value is -2.04. The first-order valence-corrected chi connectivity index (χ1v) is 7.88. The maximum atomic E-state index is 11.8. The summed E-state index contributed by atoms with van der Waals surface area (Å²) in [5.41, 5.74) is 3.65. The number of para-hydroxylation sites is 2. The first-order valence-electron chi connectivity index (χ1n) is 7.88. The Kier molecular flexibility index (Phi) is 6.25. The number of carbonyl (C=O) groups excluding carboxylic acids is 1. The molecule has 0 radical (unpaired) electrons. The normalized spacial score (nSPS) is 19.7. The number of amides is 1. The van der Waals surface area contributed by atoms with Gasteiger partial charge < -0.3 is 9.47 Å². The average Bonchev–Trinajstić information content (AvgIpc) is 2.52. The van der Waals surface area contributed by atoms with Crippen LogP contribution >= 0.6 is 0 Å². The molecule has 0 bridgehead atoms. The molecule has 0 saturated heterocycles. The van der Waals surface area contributed by atoms with Crippen molar-refractivity contribution in [1.82, 2.24) is 5.43 Å². The SMILES string of the molecule is CCOc1ccccc1OCC(=O)N/N=C1/CCCC(C)C1. The zero-order valence-electron chi connectivity index (χ0n) is 13.3. The lowest BCUT2D eigenvalue weighted by molar-refractivity contribution is -0.123. The number of ether oxygens (including phenoxy) is 2. The molecule has 0 heterocycles. The maximum Gasteiger partial charge on any atom is 0.277 e. The van der Waals surface area contributed by atoms with Crippen molar-refractivity contribution in [3.8, 4) is 11.5 Å². The van der Waals surface area contributed by atoms with Crippen molar-refractivity contribution < 1.29 is 14.3 Å². The molecule has 5 heteroatoms. The highest BCUT2D eigenvalue weighted by molar-refractivity contribution is 5.87. The maximum absolute atomic E-state index is 11.8. The molecular formula is C17H24N2O3. The van der Waals surface area contributed by atoms with Crippen LogP contribution in [-0.4, -0.2) is 24.8 Å². The Morgan fingerprint density at radius 2 is 2.05 bits per heavy atom. The second-order valence-electron chi connectivity index (χ2n) is 5.58. The third-order valence-corrected chi connectivity index (χ3v) is 3.59. The van der Waals surface area contributed by atoms with Crippen molar-refractivity contribution in [1.29, 1.82) is 0 Å². The van der Waals surface area contributed by atoms with E-state index in [0.29, 0.717) is 24.0 Å². The summed E-state index contributed by atoms with van der Waals surface area (Å²) >= 11 is 0. The quantitative estimate of drug-likeness (QED) is 0.821. The predicted octanol–water partition coefficient (Wildman–Crippen LogP) is 3.15. The van der Waals surface area contributed by atoms with Gasteiger partial charge in [0.1, 0.15) is 0 Å². The molecule has 0 aromatic heterocycles. The van der Waals surface area contributed by atoms with Gasteiger partial charge in [-0.1, -0.05) is 19.1 Å². The Morgan fingerprint density at radius 1 is 1.32 bits per heavy atom. The van der Waals surface area contributed by atoms with Crippen molar-refractivity contribution in [2.45, 2.75) is 39.5 Å². The monoisotopic (exact) mass is 304 g/mol. The minimum Gasteiger partial charge on any atom is -0.490 e. The second kappa shape index (κ2) is 8.41. The average molecular weight is 304 g/mol. The fraction of sp³-hybridized carbons (Fsp3) is 0.529. The topological polar surface area (TPSA) is 59.9 Å². The Labute approximate surface area is 131 Å². The number of hydrogen-bond acceptors (Lipinski definition) is 4. The number of rotatable bonds is 6. The molecule has 1 fully saturated rings.